The smallest absolute Gasteiger partial charge is 0.251 e. The summed E-state index contributed by atoms with van der Waals surface area (Å²) in [5.41, 5.74) is 4.46. The average molecular weight is 316 g/mol. The quantitative estimate of drug-likeness (QED) is 0.859. The molecule has 0 aliphatic heterocycles. The molecule has 1 heterocycles. The summed E-state index contributed by atoms with van der Waals surface area (Å²) in [7, 11) is 3.43. The largest absolute Gasteiger partial charge is 0.480 e. The van der Waals surface area contributed by atoms with Crippen molar-refractivity contribution in [1.29, 1.82) is 0 Å². The molecule has 0 fully saturated rings. The van der Waals surface area contributed by atoms with E-state index < -0.39 is 0 Å². The van der Waals surface area contributed by atoms with Gasteiger partial charge < -0.3 is 15.4 Å². The summed E-state index contributed by atoms with van der Waals surface area (Å²) in [6.07, 6.45) is 0. The van der Waals surface area contributed by atoms with Gasteiger partial charge in [-0.2, -0.15) is 0 Å². The summed E-state index contributed by atoms with van der Waals surface area (Å²) in [5, 5.41) is 10.5. The highest BCUT2D eigenvalue weighted by Gasteiger charge is 2.16. The SMILES string of the molecule is CCNc1cccc(C(=O)NCc2c(OC)nn(C)c2C)c1C. The van der Waals surface area contributed by atoms with Gasteiger partial charge >= 0.3 is 0 Å². The predicted octanol–water partition coefficient (Wildman–Crippen LogP) is 2.41. The van der Waals surface area contributed by atoms with Gasteiger partial charge in [0.05, 0.1) is 19.2 Å². The number of nitrogens with one attached hydrogen (secondary N) is 2. The van der Waals surface area contributed by atoms with Crippen molar-refractivity contribution in [3.05, 3.63) is 40.6 Å². The van der Waals surface area contributed by atoms with Crippen LogP contribution >= 0.6 is 0 Å². The van der Waals surface area contributed by atoms with E-state index in [9.17, 15) is 4.79 Å². The number of amides is 1. The van der Waals surface area contributed by atoms with Gasteiger partial charge in [-0.1, -0.05) is 6.07 Å². The van der Waals surface area contributed by atoms with E-state index >= 15 is 0 Å². The van der Waals surface area contributed by atoms with Crippen molar-refractivity contribution in [2.45, 2.75) is 27.3 Å². The van der Waals surface area contributed by atoms with Crippen molar-refractivity contribution in [3.63, 3.8) is 0 Å². The third-order valence-corrected chi connectivity index (χ3v) is 3.99. The summed E-state index contributed by atoms with van der Waals surface area (Å²) in [5.74, 6) is 0.441. The number of hydrogen-bond donors (Lipinski definition) is 2. The number of benzene rings is 1. The molecule has 0 radical (unpaired) electrons. The van der Waals surface area contributed by atoms with E-state index in [2.05, 4.69) is 15.7 Å². The number of carbonyl (C=O) groups excluding carboxylic acids is 1. The van der Waals surface area contributed by atoms with Crippen LogP contribution in [0.15, 0.2) is 18.2 Å². The number of carbonyl (C=O) groups is 1. The fourth-order valence-electron chi connectivity index (χ4n) is 2.52. The fraction of sp³-hybridized carbons (Fsp3) is 0.412. The Labute approximate surface area is 136 Å². The predicted molar refractivity (Wildman–Crippen MR) is 91.0 cm³/mol. The third kappa shape index (κ3) is 3.47. The Morgan fingerprint density at radius 2 is 2.09 bits per heavy atom. The van der Waals surface area contributed by atoms with Crippen molar-refractivity contribution < 1.29 is 9.53 Å². The molecule has 6 heteroatoms. The molecule has 0 aliphatic carbocycles. The lowest BCUT2D eigenvalue weighted by molar-refractivity contribution is 0.0950. The van der Waals surface area contributed by atoms with E-state index in [-0.39, 0.29) is 5.91 Å². The maximum absolute atomic E-state index is 12.5. The Kier molecular flexibility index (Phi) is 5.26. The van der Waals surface area contributed by atoms with Crippen molar-refractivity contribution in [1.82, 2.24) is 15.1 Å². The minimum atomic E-state index is -0.104. The van der Waals surface area contributed by atoms with E-state index in [0.29, 0.717) is 18.0 Å². The zero-order valence-electron chi connectivity index (χ0n) is 14.4. The van der Waals surface area contributed by atoms with Gasteiger partial charge in [-0.15, -0.1) is 5.10 Å². The Balaban J connectivity index is 2.16. The van der Waals surface area contributed by atoms with Crippen LogP contribution in [0.3, 0.4) is 0 Å². The highest BCUT2D eigenvalue weighted by atomic mass is 16.5. The molecule has 0 bridgehead atoms. The normalized spacial score (nSPS) is 10.5. The summed E-state index contributed by atoms with van der Waals surface area (Å²) in [6, 6.07) is 5.69. The van der Waals surface area contributed by atoms with E-state index in [4.69, 9.17) is 4.74 Å². The van der Waals surface area contributed by atoms with Crippen molar-refractivity contribution >= 4 is 11.6 Å². The zero-order chi connectivity index (χ0) is 17.0. The first-order chi connectivity index (χ1) is 11.0. The van der Waals surface area contributed by atoms with Gasteiger partial charge in [-0.3, -0.25) is 9.48 Å². The molecule has 124 valence electrons. The lowest BCUT2D eigenvalue weighted by atomic mass is 10.1. The summed E-state index contributed by atoms with van der Waals surface area (Å²) >= 11 is 0. The second kappa shape index (κ2) is 7.17. The van der Waals surface area contributed by atoms with Crippen LogP contribution in [-0.2, 0) is 13.6 Å². The second-order valence-corrected chi connectivity index (χ2v) is 5.39. The second-order valence-electron chi connectivity index (χ2n) is 5.39. The lowest BCUT2D eigenvalue weighted by Crippen LogP contribution is -2.24. The number of aromatic nitrogens is 2. The zero-order valence-corrected chi connectivity index (χ0v) is 14.4. The molecule has 23 heavy (non-hydrogen) atoms. The highest BCUT2D eigenvalue weighted by Crippen LogP contribution is 2.21. The summed E-state index contributed by atoms with van der Waals surface area (Å²) in [6.45, 7) is 7.13. The third-order valence-electron chi connectivity index (χ3n) is 3.99. The van der Waals surface area contributed by atoms with Crippen molar-refractivity contribution in [3.8, 4) is 5.88 Å². The molecule has 0 atom stereocenters. The Bertz CT molecular complexity index is 707. The number of nitrogens with zero attached hydrogens (tertiary/aromatic N) is 2. The Morgan fingerprint density at radius 3 is 2.74 bits per heavy atom. The summed E-state index contributed by atoms with van der Waals surface area (Å²) in [4.78, 5) is 12.5. The monoisotopic (exact) mass is 316 g/mol. The average Bonchev–Trinajstić information content (AvgIpc) is 2.82. The first-order valence-corrected chi connectivity index (χ1v) is 7.67. The van der Waals surface area contributed by atoms with Crippen molar-refractivity contribution in [2.75, 3.05) is 19.0 Å². The van der Waals surface area contributed by atoms with Crippen molar-refractivity contribution in [2.24, 2.45) is 7.05 Å². The van der Waals surface area contributed by atoms with Crippen LogP contribution in [-0.4, -0.2) is 29.3 Å². The van der Waals surface area contributed by atoms with Crippen LogP contribution in [0, 0.1) is 13.8 Å². The molecule has 0 unspecified atom stereocenters. The maximum atomic E-state index is 12.5. The number of anilines is 1. The van der Waals surface area contributed by atoms with E-state index in [1.807, 2.05) is 46.0 Å². The van der Waals surface area contributed by atoms with Gasteiger partial charge in [0.15, 0.2) is 0 Å². The number of ether oxygens (including phenoxy) is 1. The molecule has 1 aromatic carbocycles. The first kappa shape index (κ1) is 16.9. The number of rotatable bonds is 6. The van der Waals surface area contributed by atoms with Crippen LogP contribution in [0.25, 0.3) is 0 Å². The van der Waals surface area contributed by atoms with Crippen LogP contribution in [0.1, 0.15) is 34.1 Å². The number of aryl methyl sites for hydroxylation is 1. The molecule has 0 saturated carbocycles. The van der Waals surface area contributed by atoms with Gasteiger partial charge in [-0.05, 0) is 38.5 Å². The Hall–Kier alpha value is -2.50. The van der Waals surface area contributed by atoms with Crippen LogP contribution in [0.4, 0.5) is 5.69 Å². The van der Waals surface area contributed by atoms with Gasteiger partial charge in [0.2, 0.25) is 5.88 Å². The molecule has 6 nitrogen and oxygen atoms in total. The molecule has 2 aromatic rings. The number of hydrogen-bond acceptors (Lipinski definition) is 4. The van der Waals surface area contributed by atoms with E-state index in [0.717, 1.165) is 29.1 Å². The highest BCUT2D eigenvalue weighted by molar-refractivity contribution is 5.97. The Morgan fingerprint density at radius 1 is 1.35 bits per heavy atom. The molecule has 0 aliphatic rings. The molecular weight excluding hydrogens is 292 g/mol. The molecule has 1 amide bonds. The molecule has 2 N–H and O–H groups in total. The lowest BCUT2D eigenvalue weighted by Gasteiger charge is -2.12. The van der Waals surface area contributed by atoms with Gasteiger partial charge in [0.25, 0.3) is 5.91 Å². The van der Waals surface area contributed by atoms with E-state index in [1.54, 1.807) is 11.8 Å². The maximum Gasteiger partial charge on any atom is 0.251 e. The standard InChI is InChI=1S/C17H24N4O2/c1-6-18-15-9-7-8-13(11(15)2)16(22)19-10-14-12(3)21(4)20-17(14)23-5/h7-9,18H,6,10H2,1-5H3,(H,19,22). The topological polar surface area (TPSA) is 68.2 Å². The van der Waals surface area contributed by atoms with Gasteiger partial charge in [0.1, 0.15) is 0 Å². The summed E-state index contributed by atoms with van der Waals surface area (Å²) < 4.78 is 7.01. The molecule has 0 saturated heterocycles. The first-order valence-electron chi connectivity index (χ1n) is 7.67. The molecule has 0 spiro atoms. The van der Waals surface area contributed by atoms with E-state index in [1.165, 1.54) is 0 Å². The van der Waals surface area contributed by atoms with Crippen LogP contribution in [0.5, 0.6) is 5.88 Å². The minimum absolute atomic E-state index is 0.104. The molecule has 1 aromatic heterocycles. The van der Waals surface area contributed by atoms with Crippen LogP contribution < -0.4 is 15.4 Å². The fourth-order valence-corrected chi connectivity index (χ4v) is 2.52. The van der Waals surface area contributed by atoms with Gasteiger partial charge in [-0.25, -0.2) is 0 Å². The van der Waals surface area contributed by atoms with Gasteiger partial charge in [0, 0.05) is 30.5 Å². The van der Waals surface area contributed by atoms with Crippen LogP contribution in [0.2, 0.25) is 0 Å². The molecule has 2 rings (SSSR count). The molecular formula is C17H24N4O2. The number of methoxy groups -OCH3 is 1. The minimum Gasteiger partial charge on any atom is -0.480 e.